The topological polar surface area (TPSA) is 52.3 Å². The number of carbonyl (C=O) groups is 1. The van der Waals surface area contributed by atoms with Crippen molar-refractivity contribution in [2.75, 3.05) is 0 Å². The summed E-state index contributed by atoms with van der Waals surface area (Å²) in [6, 6.07) is 9.47. The van der Waals surface area contributed by atoms with Gasteiger partial charge in [0.25, 0.3) is 5.91 Å². The van der Waals surface area contributed by atoms with E-state index in [2.05, 4.69) is 41.5 Å². The molecule has 0 aliphatic rings. The number of hydrogen-bond acceptors (Lipinski definition) is 2. The molecule has 1 aromatic carbocycles. The number of carbonyl (C=O) groups excluding carboxylic acids is 1. The van der Waals surface area contributed by atoms with Crippen molar-refractivity contribution >= 4 is 5.91 Å². The number of para-hydroxylation sites is 1. The van der Waals surface area contributed by atoms with Crippen molar-refractivity contribution in [1.29, 1.82) is 0 Å². The van der Waals surface area contributed by atoms with Crippen molar-refractivity contribution in [2.24, 2.45) is 16.6 Å². The van der Waals surface area contributed by atoms with Gasteiger partial charge in [0, 0.05) is 10.8 Å². The zero-order chi connectivity index (χ0) is 16.3. The van der Waals surface area contributed by atoms with E-state index in [1.807, 2.05) is 30.3 Å². The summed E-state index contributed by atoms with van der Waals surface area (Å²) < 4.78 is 6.30. The van der Waals surface area contributed by atoms with Crippen LogP contribution < -0.4 is 10.5 Å². The van der Waals surface area contributed by atoms with Crippen LogP contribution in [0.25, 0.3) is 0 Å². The van der Waals surface area contributed by atoms with Crippen molar-refractivity contribution in [3.05, 3.63) is 30.3 Å². The van der Waals surface area contributed by atoms with Gasteiger partial charge in [0.05, 0.1) is 0 Å². The Kier molecular flexibility index (Phi) is 5.08. The van der Waals surface area contributed by atoms with Gasteiger partial charge in [-0.1, -0.05) is 59.7 Å². The monoisotopic (exact) mass is 291 g/mol. The van der Waals surface area contributed by atoms with Gasteiger partial charge < -0.3 is 10.5 Å². The molecule has 2 N–H and O–H groups in total. The van der Waals surface area contributed by atoms with Crippen LogP contribution in [0.1, 0.15) is 54.4 Å². The summed E-state index contributed by atoms with van der Waals surface area (Å²) in [4.78, 5) is 12.5. The molecule has 0 heterocycles. The molecular formula is C18H29NO2. The van der Waals surface area contributed by atoms with E-state index in [0.29, 0.717) is 5.75 Å². The molecule has 1 aromatic rings. The quantitative estimate of drug-likeness (QED) is 0.820. The molecule has 0 atom stereocenters. The largest absolute Gasteiger partial charge is 0.476 e. The Bertz CT molecular complexity index is 461. The zero-order valence-corrected chi connectivity index (χ0v) is 14.2. The van der Waals surface area contributed by atoms with E-state index in [-0.39, 0.29) is 10.8 Å². The minimum atomic E-state index is -1.06. The Balaban J connectivity index is 3.50. The van der Waals surface area contributed by atoms with E-state index in [0.717, 1.165) is 12.8 Å². The molecule has 0 saturated heterocycles. The summed E-state index contributed by atoms with van der Waals surface area (Å²) in [6.07, 6.45) is 1.60. The number of hydrogen-bond donors (Lipinski definition) is 1. The van der Waals surface area contributed by atoms with Crippen LogP contribution in [-0.4, -0.2) is 11.5 Å². The second kappa shape index (κ2) is 6.08. The predicted molar refractivity (Wildman–Crippen MR) is 87.1 cm³/mol. The number of primary amides is 1. The standard InChI is InChI=1S/C18H29NO2/c1-7-16(3,4)18(15(19)20,17(5,6)8-2)21-14-12-10-9-11-13-14/h9-13H,7-8H2,1-6H3,(H2,19,20). The van der Waals surface area contributed by atoms with Gasteiger partial charge in [-0.25, -0.2) is 0 Å². The van der Waals surface area contributed by atoms with Crippen LogP contribution in [0, 0.1) is 10.8 Å². The lowest BCUT2D eigenvalue weighted by atomic mass is 9.58. The minimum absolute atomic E-state index is 0.381. The molecule has 0 aliphatic heterocycles. The summed E-state index contributed by atoms with van der Waals surface area (Å²) >= 11 is 0. The van der Waals surface area contributed by atoms with Gasteiger partial charge >= 0.3 is 0 Å². The lowest BCUT2D eigenvalue weighted by Gasteiger charge is -2.52. The molecular weight excluding hydrogens is 262 g/mol. The average Bonchev–Trinajstić information content (AvgIpc) is 2.44. The number of rotatable bonds is 7. The molecule has 0 fully saturated rings. The molecule has 0 unspecified atom stereocenters. The van der Waals surface area contributed by atoms with Crippen molar-refractivity contribution < 1.29 is 9.53 Å². The Morgan fingerprint density at radius 3 is 1.76 bits per heavy atom. The number of nitrogens with two attached hydrogens (primary N) is 1. The second-order valence-corrected chi connectivity index (χ2v) is 6.94. The molecule has 0 spiro atoms. The smallest absolute Gasteiger partial charge is 0.262 e. The summed E-state index contributed by atoms with van der Waals surface area (Å²) in [5, 5.41) is 0. The van der Waals surface area contributed by atoms with Crippen molar-refractivity contribution in [3.63, 3.8) is 0 Å². The van der Waals surface area contributed by atoms with Crippen LogP contribution >= 0.6 is 0 Å². The lowest BCUT2D eigenvalue weighted by molar-refractivity contribution is -0.168. The van der Waals surface area contributed by atoms with Gasteiger partial charge in [0.2, 0.25) is 0 Å². The number of ether oxygens (including phenoxy) is 1. The second-order valence-electron chi connectivity index (χ2n) is 6.94. The lowest BCUT2D eigenvalue weighted by Crippen LogP contribution is -2.66. The first kappa shape index (κ1) is 17.5. The van der Waals surface area contributed by atoms with Crippen LogP contribution in [0.5, 0.6) is 5.75 Å². The maximum Gasteiger partial charge on any atom is 0.262 e. The van der Waals surface area contributed by atoms with Crippen LogP contribution in [0.3, 0.4) is 0 Å². The fourth-order valence-corrected chi connectivity index (χ4v) is 3.07. The third-order valence-electron chi connectivity index (χ3n) is 5.04. The molecule has 0 radical (unpaired) electrons. The van der Waals surface area contributed by atoms with Crippen molar-refractivity contribution in [2.45, 2.75) is 60.0 Å². The molecule has 21 heavy (non-hydrogen) atoms. The molecule has 0 aliphatic carbocycles. The van der Waals surface area contributed by atoms with E-state index < -0.39 is 11.5 Å². The maximum absolute atomic E-state index is 12.5. The molecule has 0 bridgehead atoms. The molecule has 118 valence electrons. The first-order chi connectivity index (χ1) is 9.64. The SMILES string of the molecule is CCC(C)(C)C(Oc1ccccc1)(C(N)=O)C(C)(C)CC. The number of amides is 1. The Morgan fingerprint density at radius 2 is 1.43 bits per heavy atom. The first-order valence-electron chi connectivity index (χ1n) is 7.68. The van der Waals surface area contributed by atoms with Gasteiger partial charge in [-0.2, -0.15) is 0 Å². The highest BCUT2D eigenvalue weighted by Gasteiger charge is 2.60. The van der Waals surface area contributed by atoms with Gasteiger partial charge in [0.1, 0.15) is 5.75 Å². The predicted octanol–water partition coefficient (Wildman–Crippen LogP) is 4.16. The van der Waals surface area contributed by atoms with Gasteiger partial charge in [0.15, 0.2) is 5.60 Å². The van der Waals surface area contributed by atoms with Gasteiger partial charge in [-0.15, -0.1) is 0 Å². The highest BCUT2D eigenvalue weighted by molar-refractivity contribution is 5.86. The van der Waals surface area contributed by atoms with Crippen LogP contribution in [0.15, 0.2) is 30.3 Å². The molecule has 1 rings (SSSR count). The normalized spacial score (nSPS) is 13.0. The van der Waals surface area contributed by atoms with Crippen LogP contribution in [0.4, 0.5) is 0 Å². The summed E-state index contributed by atoms with van der Waals surface area (Å²) in [5.41, 5.74) is 4.05. The van der Waals surface area contributed by atoms with Crippen molar-refractivity contribution in [3.8, 4) is 5.75 Å². The Hall–Kier alpha value is -1.51. The fourth-order valence-electron chi connectivity index (χ4n) is 3.07. The van der Waals surface area contributed by atoms with E-state index in [1.54, 1.807) is 0 Å². The Labute approximate surface area is 128 Å². The van der Waals surface area contributed by atoms with Crippen LogP contribution in [0.2, 0.25) is 0 Å². The highest BCUT2D eigenvalue weighted by atomic mass is 16.5. The maximum atomic E-state index is 12.5. The molecule has 0 aromatic heterocycles. The summed E-state index contributed by atoms with van der Waals surface area (Å²) in [6.45, 7) is 12.3. The fraction of sp³-hybridized carbons (Fsp3) is 0.611. The van der Waals surface area contributed by atoms with Crippen LogP contribution in [-0.2, 0) is 4.79 Å². The van der Waals surface area contributed by atoms with E-state index in [9.17, 15) is 4.79 Å². The number of benzene rings is 1. The molecule has 0 saturated carbocycles. The van der Waals surface area contributed by atoms with Gasteiger partial charge in [-0.3, -0.25) is 4.79 Å². The van der Waals surface area contributed by atoms with E-state index >= 15 is 0 Å². The van der Waals surface area contributed by atoms with E-state index in [4.69, 9.17) is 10.5 Å². The third kappa shape index (κ3) is 2.92. The molecule has 3 heteroatoms. The average molecular weight is 291 g/mol. The molecule has 3 nitrogen and oxygen atoms in total. The van der Waals surface area contributed by atoms with Crippen molar-refractivity contribution in [1.82, 2.24) is 0 Å². The molecule has 1 amide bonds. The summed E-state index contributed by atoms with van der Waals surface area (Å²) in [7, 11) is 0. The third-order valence-corrected chi connectivity index (χ3v) is 5.04. The zero-order valence-electron chi connectivity index (χ0n) is 14.2. The highest BCUT2D eigenvalue weighted by Crippen LogP contribution is 2.50. The Morgan fingerprint density at radius 1 is 1.00 bits per heavy atom. The van der Waals surface area contributed by atoms with E-state index in [1.165, 1.54) is 0 Å². The van der Waals surface area contributed by atoms with Gasteiger partial charge in [-0.05, 0) is 25.0 Å². The first-order valence-corrected chi connectivity index (χ1v) is 7.68. The minimum Gasteiger partial charge on any atom is -0.476 e. The summed E-state index contributed by atoms with van der Waals surface area (Å²) in [5.74, 6) is 0.282.